The number of carbonyl (C=O) groups is 3. The van der Waals surface area contributed by atoms with Gasteiger partial charge in [-0.25, -0.2) is 9.59 Å². The van der Waals surface area contributed by atoms with Crippen LogP contribution in [0.25, 0.3) is 0 Å². The second-order valence-corrected chi connectivity index (χ2v) is 3.79. The van der Waals surface area contributed by atoms with Crippen LogP contribution in [-0.2, 0) is 19.1 Å². The van der Waals surface area contributed by atoms with Crippen molar-refractivity contribution >= 4 is 17.8 Å². The fraction of sp³-hybridized carbons (Fsp3) is 0.500. The Hall–Kier alpha value is -1.69. The lowest BCUT2D eigenvalue weighted by Crippen LogP contribution is -2.47. The van der Waals surface area contributed by atoms with Crippen molar-refractivity contribution in [3.63, 3.8) is 0 Å². The fourth-order valence-corrected chi connectivity index (χ4v) is 2.00. The van der Waals surface area contributed by atoms with E-state index in [2.05, 4.69) is 11.3 Å². The zero-order valence-electron chi connectivity index (χ0n) is 8.46. The Balaban J connectivity index is 2.20. The third-order valence-electron chi connectivity index (χ3n) is 2.88. The van der Waals surface area contributed by atoms with Gasteiger partial charge < -0.3 is 14.7 Å². The Morgan fingerprint density at radius 3 is 2.50 bits per heavy atom. The SMILES string of the molecule is C=CC1CCN(C2C(=O)OC(=O)C2O)C1=O. The van der Waals surface area contributed by atoms with E-state index in [0.29, 0.717) is 13.0 Å². The van der Waals surface area contributed by atoms with Crippen molar-refractivity contribution in [1.82, 2.24) is 4.90 Å². The lowest BCUT2D eigenvalue weighted by Gasteiger charge is -2.21. The molecule has 0 aromatic heterocycles. The van der Waals surface area contributed by atoms with E-state index in [1.54, 1.807) is 0 Å². The third-order valence-corrected chi connectivity index (χ3v) is 2.88. The molecule has 2 rings (SSSR count). The van der Waals surface area contributed by atoms with E-state index in [1.807, 2.05) is 0 Å². The molecular weight excluding hydrogens is 214 g/mol. The molecule has 0 spiro atoms. The minimum Gasteiger partial charge on any atom is -0.389 e. The summed E-state index contributed by atoms with van der Waals surface area (Å²) in [5.41, 5.74) is 0. The fourth-order valence-electron chi connectivity index (χ4n) is 2.00. The van der Waals surface area contributed by atoms with Crippen LogP contribution in [0.2, 0.25) is 0 Å². The molecule has 2 aliphatic heterocycles. The molecule has 2 aliphatic rings. The number of hydrogen-bond acceptors (Lipinski definition) is 5. The number of ether oxygens (including phenoxy) is 1. The number of esters is 2. The normalized spacial score (nSPS) is 34.4. The number of amides is 1. The highest BCUT2D eigenvalue weighted by atomic mass is 16.6. The molecule has 16 heavy (non-hydrogen) atoms. The third kappa shape index (κ3) is 1.42. The van der Waals surface area contributed by atoms with E-state index < -0.39 is 24.1 Å². The highest BCUT2D eigenvalue weighted by Crippen LogP contribution is 2.26. The highest BCUT2D eigenvalue weighted by molar-refractivity contribution is 6.02. The van der Waals surface area contributed by atoms with Crippen LogP contribution in [0.4, 0.5) is 0 Å². The molecule has 2 saturated heterocycles. The summed E-state index contributed by atoms with van der Waals surface area (Å²) < 4.78 is 4.27. The first-order valence-electron chi connectivity index (χ1n) is 4.93. The number of cyclic esters (lactones) is 2. The van der Waals surface area contributed by atoms with E-state index >= 15 is 0 Å². The smallest absolute Gasteiger partial charge is 0.345 e. The summed E-state index contributed by atoms with van der Waals surface area (Å²) in [6.45, 7) is 3.83. The van der Waals surface area contributed by atoms with Gasteiger partial charge in [-0.1, -0.05) is 6.08 Å². The Bertz CT molecular complexity index is 377. The van der Waals surface area contributed by atoms with Crippen LogP contribution in [0.1, 0.15) is 6.42 Å². The van der Waals surface area contributed by atoms with Crippen molar-refractivity contribution in [3.05, 3.63) is 12.7 Å². The zero-order valence-corrected chi connectivity index (χ0v) is 8.46. The molecule has 86 valence electrons. The maximum absolute atomic E-state index is 11.7. The molecule has 2 fully saturated rings. The van der Waals surface area contributed by atoms with Gasteiger partial charge in [0.15, 0.2) is 12.1 Å². The molecule has 0 aliphatic carbocycles. The summed E-state index contributed by atoms with van der Waals surface area (Å²) >= 11 is 0. The molecule has 0 bridgehead atoms. The van der Waals surface area contributed by atoms with Crippen LogP contribution in [-0.4, -0.2) is 46.5 Å². The minimum atomic E-state index is -1.57. The van der Waals surface area contributed by atoms with E-state index in [1.165, 1.54) is 11.0 Å². The van der Waals surface area contributed by atoms with Gasteiger partial charge in [-0.3, -0.25) is 4.79 Å². The van der Waals surface area contributed by atoms with E-state index in [0.717, 1.165) is 0 Å². The van der Waals surface area contributed by atoms with Crippen molar-refractivity contribution in [2.45, 2.75) is 18.6 Å². The lowest BCUT2D eigenvalue weighted by molar-refractivity contribution is -0.155. The Morgan fingerprint density at radius 1 is 1.38 bits per heavy atom. The molecule has 3 atom stereocenters. The first kappa shape index (κ1) is 10.8. The number of nitrogens with zero attached hydrogens (tertiary/aromatic N) is 1. The quantitative estimate of drug-likeness (QED) is 0.364. The van der Waals surface area contributed by atoms with Gasteiger partial charge in [0.05, 0.1) is 5.92 Å². The average molecular weight is 225 g/mol. The van der Waals surface area contributed by atoms with Crippen LogP contribution < -0.4 is 0 Å². The van der Waals surface area contributed by atoms with Crippen LogP contribution in [0, 0.1) is 5.92 Å². The highest BCUT2D eigenvalue weighted by Gasteiger charge is 2.50. The van der Waals surface area contributed by atoms with Gasteiger partial charge in [0.1, 0.15) is 0 Å². The van der Waals surface area contributed by atoms with Gasteiger partial charge >= 0.3 is 11.9 Å². The second kappa shape index (κ2) is 3.71. The predicted octanol–water partition coefficient (Wildman–Crippen LogP) is -1.17. The molecule has 0 aromatic carbocycles. The number of carbonyl (C=O) groups excluding carboxylic acids is 3. The first-order chi connectivity index (χ1) is 7.56. The van der Waals surface area contributed by atoms with Gasteiger partial charge in [-0.05, 0) is 6.42 Å². The molecule has 0 radical (unpaired) electrons. The Kier molecular flexibility index (Phi) is 2.51. The number of aliphatic hydroxyl groups is 1. The van der Waals surface area contributed by atoms with E-state index in [4.69, 9.17) is 0 Å². The van der Waals surface area contributed by atoms with Crippen LogP contribution in [0.15, 0.2) is 12.7 Å². The van der Waals surface area contributed by atoms with Crippen LogP contribution >= 0.6 is 0 Å². The van der Waals surface area contributed by atoms with Crippen LogP contribution in [0.3, 0.4) is 0 Å². The standard InChI is InChI=1S/C10H11NO5/c1-2-5-3-4-11(8(5)13)6-7(12)10(15)16-9(6)14/h2,5-7,12H,1,3-4H2. The van der Waals surface area contributed by atoms with Gasteiger partial charge in [-0.15, -0.1) is 6.58 Å². The van der Waals surface area contributed by atoms with Gasteiger partial charge in [0, 0.05) is 6.54 Å². The summed E-state index contributed by atoms with van der Waals surface area (Å²) in [5.74, 6) is -2.51. The Morgan fingerprint density at radius 2 is 2.06 bits per heavy atom. The predicted molar refractivity (Wildman–Crippen MR) is 50.9 cm³/mol. The van der Waals surface area contributed by atoms with Crippen molar-refractivity contribution in [2.24, 2.45) is 5.92 Å². The van der Waals surface area contributed by atoms with Gasteiger partial charge in [0.25, 0.3) is 0 Å². The minimum absolute atomic E-state index is 0.300. The first-order valence-corrected chi connectivity index (χ1v) is 4.93. The van der Waals surface area contributed by atoms with Crippen molar-refractivity contribution in [3.8, 4) is 0 Å². The molecule has 3 unspecified atom stereocenters. The van der Waals surface area contributed by atoms with Crippen LogP contribution in [0.5, 0.6) is 0 Å². The summed E-state index contributed by atoms with van der Waals surface area (Å²) in [7, 11) is 0. The lowest BCUT2D eigenvalue weighted by atomic mass is 10.1. The molecule has 6 nitrogen and oxygen atoms in total. The summed E-state index contributed by atoms with van der Waals surface area (Å²) in [6.07, 6.45) is 0.462. The average Bonchev–Trinajstić information content (AvgIpc) is 2.70. The van der Waals surface area contributed by atoms with Crippen molar-refractivity contribution in [2.75, 3.05) is 6.54 Å². The van der Waals surface area contributed by atoms with Crippen molar-refractivity contribution in [1.29, 1.82) is 0 Å². The molecular formula is C10H11NO5. The number of rotatable bonds is 2. The van der Waals surface area contributed by atoms with E-state index in [-0.39, 0.29) is 11.8 Å². The van der Waals surface area contributed by atoms with E-state index in [9.17, 15) is 19.5 Å². The molecule has 6 heteroatoms. The van der Waals surface area contributed by atoms with Gasteiger partial charge in [-0.2, -0.15) is 0 Å². The van der Waals surface area contributed by atoms with Crippen molar-refractivity contribution < 1.29 is 24.2 Å². The number of aliphatic hydroxyl groups excluding tert-OH is 1. The largest absolute Gasteiger partial charge is 0.389 e. The maximum Gasteiger partial charge on any atom is 0.345 e. The summed E-state index contributed by atoms with van der Waals surface area (Å²) in [6, 6.07) is -1.19. The number of hydrogen-bond donors (Lipinski definition) is 1. The molecule has 1 N–H and O–H groups in total. The molecule has 1 amide bonds. The van der Waals surface area contributed by atoms with Gasteiger partial charge in [0.2, 0.25) is 5.91 Å². The molecule has 2 heterocycles. The second-order valence-electron chi connectivity index (χ2n) is 3.79. The topological polar surface area (TPSA) is 83.9 Å². The Labute approximate surface area is 91.5 Å². The monoisotopic (exact) mass is 225 g/mol. The summed E-state index contributed by atoms with van der Waals surface area (Å²) in [4.78, 5) is 35.2. The maximum atomic E-state index is 11.7. The molecule has 0 aromatic rings. The molecule has 0 saturated carbocycles. The zero-order chi connectivity index (χ0) is 11.9. The summed E-state index contributed by atoms with van der Waals surface area (Å²) in [5, 5.41) is 9.45. The number of likely N-dealkylation sites (tertiary alicyclic amines) is 1.